The average molecular weight is 330 g/mol. The molecular formula is C16H16ClN5O. The van der Waals surface area contributed by atoms with Crippen LogP contribution in [0.1, 0.15) is 12.8 Å². The number of halogens is 1. The Morgan fingerprint density at radius 1 is 1.13 bits per heavy atom. The summed E-state index contributed by atoms with van der Waals surface area (Å²) in [6.07, 6.45) is 3.85. The third-order valence-corrected chi connectivity index (χ3v) is 4.44. The molecule has 118 valence electrons. The van der Waals surface area contributed by atoms with Crippen LogP contribution in [0.2, 0.25) is 5.02 Å². The summed E-state index contributed by atoms with van der Waals surface area (Å²) < 4.78 is 3.42. The fourth-order valence-electron chi connectivity index (χ4n) is 3.00. The fourth-order valence-corrected chi connectivity index (χ4v) is 3.13. The van der Waals surface area contributed by atoms with Crippen LogP contribution in [0.25, 0.3) is 16.9 Å². The number of anilines is 1. The molecular weight excluding hydrogens is 314 g/mol. The van der Waals surface area contributed by atoms with Gasteiger partial charge in [-0.15, -0.1) is 0 Å². The molecule has 1 saturated heterocycles. The van der Waals surface area contributed by atoms with E-state index < -0.39 is 0 Å². The van der Waals surface area contributed by atoms with Gasteiger partial charge in [0.25, 0.3) is 5.56 Å². The molecule has 7 heteroatoms. The lowest BCUT2D eigenvalue weighted by molar-refractivity contribution is 0.829. The quantitative estimate of drug-likeness (QED) is 0.724. The van der Waals surface area contributed by atoms with Crippen molar-refractivity contribution in [1.82, 2.24) is 19.1 Å². The molecule has 0 atom stereocenters. The molecule has 0 aliphatic carbocycles. The molecule has 0 N–H and O–H groups in total. The van der Waals surface area contributed by atoms with E-state index in [0.717, 1.165) is 31.6 Å². The van der Waals surface area contributed by atoms with E-state index in [1.165, 1.54) is 0 Å². The van der Waals surface area contributed by atoms with Gasteiger partial charge in [0.05, 0.1) is 12.0 Å². The van der Waals surface area contributed by atoms with Crippen molar-refractivity contribution in [3.05, 3.63) is 46.0 Å². The van der Waals surface area contributed by atoms with Gasteiger partial charge in [-0.3, -0.25) is 4.79 Å². The zero-order chi connectivity index (χ0) is 16.0. The van der Waals surface area contributed by atoms with E-state index in [4.69, 9.17) is 16.6 Å². The molecule has 0 saturated carbocycles. The summed E-state index contributed by atoms with van der Waals surface area (Å²) in [5.74, 6) is 0.672. The molecule has 2 aromatic heterocycles. The zero-order valence-corrected chi connectivity index (χ0v) is 13.5. The van der Waals surface area contributed by atoms with Crippen molar-refractivity contribution in [2.75, 3.05) is 18.0 Å². The van der Waals surface area contributed by atoms with Crippen molar-refractivity contribution in [2.45, 2.75) is 12.8 Å². The van der Waals surface area contributed by atoms with Gasteiger partial charge in [-0.1, -0.05) is 11.6 Å². The van der Waals surface area contributed by atoms with Crippen molar-refractivity contribution >= 4 is 28.7 Å². The summed E-state index contributed by atoms with van der Waals surface area (Å²) >= 11 is 5.98. The van der Waals surface area contributed by atoms with Crippen molar-refractivity contribution < 1.29 is 0 Å². The fraction of sp³-hybridized carbons (Fsp3) is 0.312. The first kappa shape index (κ1) is 14.3. The van der Waals surface area contributed by atoms with E-state index in [1.54, 1.807) is 27.6 Å². The molecule has 0 bridgehead atoms. The minimum atomic E-state index is -0.153. The van der Waals surface area contributed by atoms with Crippen LogP contribution in [-0.4, -0.2) is 32.2 Å². The van der Waals surface area contributed by atoms with Crippen molar-refractivity contribution in [2.24, 2.45) is 7.05 Å². The van der Waals surface area contributed by atoms with Crippen LogP contribution in [0, 0.1) is 0 Å². The number of benzene rings is 1. The maximum Gasteiger partial charge on any atom is 0.287 e. The highest BCUT2D eigenvalue weighted by atomic mass is 35.5. The van der Waals surface area contributed by atoms with Crippen molar-refractivity contribution in [1.29, 1.82) is 0 Å². The van der Waals surface area contributed by atoms with Crippen molar-refractivity contribution in [3.63, 3.8) is 0 Å². The van der Waals surface area contributed by atoms with Gasteiger partial charge in [0, 0.05) is 25.2 Å². The Morgan fingerprint density at radius 2 is 1.83 bits per heavy atom. The number of hydrogen-bond acceptors (Lipinski definition) is 4. The van der Waals surface area contributed by atoms with Crippen LogP contribution in [-0.2, 0) is 7.05 Å². The number of aryl methyl sites for hydroxylation is 1. The minimum absolute atomic E-state index is 0.153. The Kier molecular flexibility index (Phi) is 3.34. The van der Waals surface area contributed by atoms with Crippen LogP contribution in [0.15, 0.2) is 35.4 Å². The molecule has 3 heterocycles. The predicted octanol–water partition coefficient (Wildman–Crippen LogP) is 2.37. The second kappa shape index (κ2) is 5.38. The molecule has 1 aliphatic heterocycles. The summed E-state index contributed by atoms with van der Waals surface area (Å²) in [6, 6.07) is 7.22. The molecule has 0 amide bonds. The normalized spacial score (nSPS) is 14.8. The van der Waals surface area contributed by atoms with Gasteiger partial charge in [-0.05, 0) is 37.1 Å². The first-order valence-corrected chi connectivity index (χ1v) is 7.98. The second-order valence-electron chi connectivity index (χ2n) is 5.75. The third kappa shape index (κ3) is 2.30. The van der Waals surface area contributed by atoms with Gasteiger partial charge in [0.2, 0.25) is 5.95 Å². The Bertz CT molecular complexity index is 922. The molecule has 4 rings (SSSR count). The topological polar surface area (TPSA) is 56.0 Å². The van der Waals surface area contributed by atoms with Gasteiger partial charge in [-0.25, -0.2) is 9.55 Å². The Morgan fingerprint density at radius 3 is 2.52 bits per heavy atom. The molecule has 0 unspecified atom stereocenters. The summed E-state index contributed by atoms with van der Waals surface area (Å²) in [6.45, 7) is 1.81. The summed E-state index contributed by atoms with van der Waals surface area (Å²) in [4.78, 5) is 24.1. The van der Waals surface area contributed by atoms with Crippen LogP contribution in [0.5, 0.6) is 0 Å². The van der Waals surface area contributed by atoms with Gasteiger partial charge in [-0.2, -0.15) is 4.98 Å². The first-order valence-electron chi connectivity index (χ1n) is 7.60. The number of rotatable bonds is 2. The van der Waals surface area contributed by atoms with Gasteiger partial charge in [0.15, 0.2) is 11.2 Å². The lowest BCUT2D eigenvalue weighted by Crippen LogP contribution is -2.30. The number of aromatic nitrogens is 4. The molecule has 1 aromatic carbocycles. The molecule has 0 radical (unpaired) electrons. The number of nitrogens with zero attached hydrogens (tertiary/aromatic N) is 5. The van der Waals surface area contributed by atoms with Gasteiger partial charge >= 0.3 is 0 Å². The Hall–Kier alpha value is -2.34. The third-order valence-electron chi connectivity index (χ3n) is 4.19. The SMILES string of the molecule is Cn1cnc2c(=O)n(-c3ccc(Cl)cc3)c(N3CCCC3)nc21. The molecule has 23 heavy (non-hydrogen) atoms. The van der Waals surface area contributed by atoms with E-state index in [1.807, 2.05) is 19.2 Å². The smallest absolute Gasteiger partial charge is 0.287 e. The van der Waals surface area contributed by atoms with E-state index in [9.17, 15) is 4.79 Å². The van der Waals surface area contributed by atoms with Crippen LogP contribution < -0.4 is 10.5 Å². The zero-order valence-electron chi connectivity index (χ0n) is 12.7. The first-order chi connectivity index (χ1) is 11.1. The summed E-state index contributed by atoms with van der Waals surface area (Å²) in [5.41, 5.74) is 1.59. The van der Waals surface area contributed by atoms with E-state index in [2.05, 4.69) is 9.88 Å². The number of fused-ring (bicyclic) bond motifs is 1. The second-order valence-corrected chi connectivity index (χ2v) is 6.19. The monoisotopic (exact) mass is 329 g/mol. The maximum atomic E-state index is 13.0. The molecule has 1 fully saturated rings. The van der Waals surface area contributed by atoms with Crippen molar-refractivity contribution in [3.8, 4) is 5.69 Å². The lowest BCUT2D eigenvalue weighted by Gasteiger charge is -2.21. The molecule has 1 aliphatic rings. The van der Waals surface area contributed by atoms with Crippen LogP contribution >= 0.6 is 11.6 Å². The Balaban J connectivity index is 2.03. The number of imidazole rings is 1. The van der Waals surface area contributed by atoms with Gasteiger partial charge < -0.3 is 9.47 Å². The largest absolute Gasteiger partial charge is 0.342 e. The highest BCUT2D eigenvalue weighted by Crippen LogP contribution is 2.23. The van der Waals surface area contributed by atoms with E-state index in [-0.39, 0.29) is 5.56 Å². The highest BCUT2D eigenvalue weighted by Gasteiger charge is 2.22. The molecule has 0 spiro atoms. The minimum Gasteiger partial charge on any atom is -0.342 e. The van der Waals surface area contributed by atoms with E-state index >= 15 is 0 Å². The van der Waals surface area contributed by atoms with Gasteiger partial charge in [0.1, 0.15) is 0 Å². The molecule has 3 aromatic rings. The summed E-state index contributed by atoms with van der Waals surface area (Å²) in [7, 11) is 1.85. The standard InChI is InChI=1S/C16H16ClN5O/c1-20-10-18-13-14(20)19-16(21-8-2-3-9-21)22(15(13)23)12-6-4-11(17)5-7-12/h4-7,10H,2-3,8-9H2,1H3. The Labute approximate surface area is 138 Å². The molecule has 6 nitrogen and oxygen atoms in total. The number of hydrogen-bond donors (Lipinski definition) is 0. The lowest BCUT2D eigenvalue weighted by atomic mass is 10.3. The van der Waals surface area contributed by atoms with Crippen LogP contribution in [0.4, 0.5) is 5.95 Å². The average Bonchev–Trinajstić information content (AvgIpc) is 3.19. The van der Waals surface area contributed by atoms with E-state index in [0.29, 0.717) is 22.1 Å². The predicted molar refractivity (Wildman–Crippen MR) is 90.6 cm³/mol. The summed E-state index contributed by atoms with van der Waals surface area (Å²) in [5, 5.41) is 0.636. The highest BCUT2D eigenvalue weighted by molar-refractivity contribution is 6.30. The van der Waals surface area contributed by atoms with Crippen LogP contribution in [0.3, 0.4) is 0 Å². The maximum absolute atomic E-state index is 13.0.